The molecule has 2 rings (SSSR count). The van der Waals surface area contributed by atoms with E-state index < -0.39 is 0 Å². The lowest BCUT2D eigenvalue weighted by Gasteiger charge is -2.32. The Hall–Kier alpha value is -0.640. The van der Waals surface area contributed by atoms with Crippen LogP contribution >= 0.6 is 11.6 Å². The van der Waals surface area contributed by atoms with Crippen molar-refractivity contribution in [3.63, 3.8) is 0 Å². The quantitative estimate of drug-likeness (QED) is 0.892. The Kier molecular flexibility index (Phi) is 5.61. The lowest BCUT2D eigenvalue weighted by molar-refractivity contribution is 0.160. The largest absolute Gasteiger partial charge is 0.320 e. The van der Waals surface area contributed by atoms with Gasteiger partial charge in [0.2, 0.25) is 0 Å². The standard InChI is InChI=1S/C15H22ClFN2/c1-18-7-6-12-3-2-8-19(10-12)11-13-9-14(16)4-5-15(13)17/h4-5,9,12,18H,2-3,6-8,10-11H2,1H3. The fourth-order valence-electron chi connectivity index (χ4n) is 2.78. The van der Waals surface area contributed by atoms with Crippen LogP contribution < -0.4 is 5.32 Å². The molecule has 19 heavy (non-hydrogen) atoms. The van der Waals surface area contributed by atoms with Crippen LogP contribution in [0.1, 0.15) is 24.8 Å². The fraction of sp³-hybridized carbons (Fsp3) is 0.600. The van der Waals surface area contributed by atoms with E-state index in [1.165, 1.54) is 25.3 Å². The van der Waals surface area contributed by atoms with Crippen molar-refractivity contribution in [1.29, 1.82) is 0 Å². The van der Waals surface area contributed by atoms with Crippen LogP contribution in [0.25, 0.3) is 0 Å². The van der Waals surface area contributed by atoms with Gasteiger partial charge in [0.25, 0.3) is 0 Å². The van der Waals surface area contributed by atoms with Crippen LogP contribution in [-0.2, 0) is 6.54 Å². The van der Waals surface area contributed by atoms with Crippen molar-refractivity contribution in [2.24, 2.45) is 5.92 Å². The summed E-state index contributed by atoms with van der Waals surface area (Å²) in [7, 11) is 1.99. The van der Waals surface area contributed by atoms with Crippen LogP contribution in [0.15, 0.2) is 18.2 Å². The van der Waals surface area contributed by atoms with Crippen molar-refractivity contribution in [3.05, 3.63) is 34.6 Å². The minimum atomic E-state index is -0.151. The van der Waals surface area contributed by atoms with Gasteiger partial charge in [0.05, 0.1) is 0 Å². The highest BCUT2D eigenvalue weighted by Crippen LogP contribution is 2.23. The van der Waals surface area contributed by atoms with Crippen LogP contribution in [0.4, 0.5) is 4.39 Å². The molecule has 1 aliphatic heterocycles. The first-order valence-corrected chi connectivity index (χ1v) is 7.37. The summed E-state index contributed by atoms with van der Waals surface area (Å²) in [6.45, 7) is 3.85. The van der Waals surface area contributed by atoms with Crippen molar-refractivity contribution in [2.75, 3.05) is 26.7 Å². The van der Waals surface area contributed by atoms with Gasteiger partial charge in [0.15, 0.2) is 0 Å². The predicted molar refractivity (Wildman–Crippen MR) is 78.0 cm³/mol. The predicted octanol–water partition coefficient (Wildman–Crippen LogP) is 3.30. The zero-order valence-corrected chi connectivity index (χ0v) is 12.2. The maximum atomic E-state index is 13.7. The van der Waals surface area contributed by atoms with E-state index in [1.54, 1.807) is 12.1 Å². The van der Waals surface area contributed by atoms with E-state index in [4.69, 9.17) is 11.6 Å². The molecule has 1 N–H and O–H groups in total. The van der Waals surface area contributed by atoms with Gasteiger partial charge in [0, 0.05) is 23.7 Å². The van der Waals surface area contributed by atoms with Gasteiger partial charge < -0.3 is 5.32 Å². The number of hydrogen-bond acceptors (Lipinski definition) is 2. The molecule has 4 heteroatoms. The average Bonchev–Trinajstić information content (AvgIpc) is 2.41. The molecule has 1 unspecified atom stereocenters. The Labute approximate surface area is 119 Å². The van der Waals surface area contributed by atoms with Gasteiger partial charge in [-0.15, -0.1) is 0 Å². The number of hydrogen-bond donors (Lipinski definition) is 1. The first-order valence-electron chi connectivity index (χ1n) is 7.00. The first-order chi connectivity index (χ1) is 9.19. The van der Waals surface area contributed by atoms with Crippen molar-refractivity contribution < 1.29 is 4.39 Å². The summed E-state index contributed by atoms with van der Waals surface area (Å²) in [6, 6.07) is 4.81. The third-order valence-electron chi connectivity index (χ3n) is 3.81. The molecule has 1 aromatic rings. The number of likely N-dealkylation sites (tertiary alicyclic amines) is 1. The second-order valence-corrected chi connectivity index (χ2v) is 5.81. The van der Waals surface area contributed by atoms with E-state index in [1.807, 2.05) is 7.05 Å². The minimum absolute atomic E-state index is 0.151. The number of halogens is 2. The van der Waals surface area contributed by atoms with Crippen LogP contribution in [0.3, 0.4) is 0 Å². The molecule has 1 aromatic carbocycles. The Morgan fingerprint density at radius 3 is 3.11 bits per heavy atom. The smallest absolute Gasteiger partial charge is 0.127 e. The van der Waals surface area contributed by atoms with Gasteiger partial charge in [0.1, 0.15) is 5.82 Å². The number of nitrogens with one attached hydrogen (secondary N) is 1. The molecule has 1 heterocycles. The Bertz CT molecular complexity index is 411. The van der Waals surface area contributed by atoms with Crippen LogP contribution in [0, 0.1) is 11.7 Å². The SMILES string of the molecule is CNCCC1CCCN(Cc2cc(Cl)ccc2F)C1. The number of rotatable bonds is 5. The van der Waals surface area contributed by atoms with Gasteiger partial charge >= 0.3 is 0 Å². The molecule has 2 nitrogen and oxygen atoms in total. The van der Waals surface area contributed by atoms with Gasteiger partial charge in [-0.3, -0.25) is 4.90 Å². The summed E-state index contributed by atoms with van der Waals surface area (Å²) < 4.78 is 13.7. The maximum absolute atomic E-state index is 13.7. The number of nitrogens with zero attached hydrogens (tertiary/aromatic N) is 1. The summed E-state index contributed by atoms with van der Waals surface area (Å²) in [6.07, 6.45) is 3.69. The van der Waals surface area contributed by atoms with Crippen molar-refractivity contribution in [3.8, 4) is 0 Å². The van der Waals surface area contributed by atoms with Crippen molar-refractivity contribution >= 4 is 11.6 Å². The zero-order chi connectivity index (χ0) is 13.7. The number of piperidine rings is 1. The molecular formula is C15H22ClFN2. The van der Waals surface area contributed by atoms with Crippen LogP contribution in [-0.4, -0.2) is 31.6 Å². The molecule has 0 amide bonds. The van der Waals surface area contributed by atoms with E-state index in [-0.39, 0.29) is 5.82 Å². The molecule has 0 bridgehead atoms. The molecule has 0 aliphatic carbocycles. The van der Waals surface area contributed by atoms with Gasteiger partial charge in [-0.1, -0.05) is 11.6 Å². The third kappa shape index (κ3) is 4.44. The molecule has 0 aromatic heterocycles. The molecule has 1 aliphatic rings. The molecule has 1 saturated heterocycles. The highest BCUT2D eigenvalue weighted by atomic mass is 35.5. The average molecular weight is 285 g/mol. The maximum Gasteiger partial charge on any atom is 0.127 e. The summed E-state index contributed by atoms with van der Waals surface area (Å²) in [5.41, 5.74) is 0.710. The first kappa shape index (κ1) is 14.8. The molecular weight excluding hydrogens is 263 g/mol. The lowest BCUT2D eigenvalue weighted by Crippen LogP contribution is -2.36. The summed E-state index contributed by atoms with van der Waals surface area (Å²) in [5, 5.41) is 3.81. The highest BCUT2D eigenvalue weighted by molar-refractivity contribution is 6.30. The van der Waals surface area contributed by atoms with Crippen LogP contribution in [0.2, 0.25) is 5.02 Å². The molecule has 1 atom stereocenters. The minimum Gasteiger partial charge on any atom is -0.320 e. The van der Waals surface area contributed by atoms with E-state index >= 15 is 0 Å². The fourth-order valence-corrected chi connectivity index (χ4v) is 2.98. The summed E-state index contributed by atoms with van der Waals surface area (Å²) in [5.74, 6) is 0.574. The molecule has 0 saturated carbocycles. The van der Waals surface area contributed by atoms with Crippen molar-refractivity contribution in [1.82, 2.24) is 10.2 Å². The monoisotopic (exact) mass is 284 g/mol. The lowest BCUT2D eigenvalue weighted by atomic mass is 9.94. The van der Waals surface area contributed by atoms with E-state index in [2.05, 4.69) is 10.2 Å². The number of benzene rings is 1. The Morgan fingerprint density at radius 2 is 2.32 bits per heavy atom. The van der Waals surface area contributed by atoms with E-state index in [9.17, 15) is 4.39 Å². The summed E-state index contributed by atoms with van der Waals surface area (Å²) >= 11 is 5.94. The van der Waals surface area contributed by atoms with Gasteiger partial charge in [-0.2, -0.15) is 0 Å². The molecule has 1 fully saturated rings. The van der Waals surface area contributed by atoms with Gasteiger partial charge in [-0.05, 0) is 63.5 Å². The van der Waals surface area contributed by atoms with Crippen molar-refractivity contribution in [2.45, 2.75) is 25.8 Å². The van der Waals surface area contributed by atoms with Gasteiger partial charge in [-0.25, -0.2) is 4.39 Å². The van der Waals surface area contributed by atoms with E-state index in [0.717, 1.165) is 25.6 Å². The Balaban J connectivity index is 1.93. The molecule has 0 spiro atoms. The normalized spacial score (nSPS) is 20.7. The zero-order valence-electron chi connectivity index (χ0n) is 11.5. The second-order valence-electron chi connectivity index (χ2n) is 5.37. The third-order valence-corrected chi connectivity index (χ3v) is 4.04. The summed E-state index contributed by atoms with van der Waals surface area (Å²) in [4.78, 5) is 2.35. The molecule has 106 valence electrons. The van der Waals surface area contributed by atoms with Crippen LogP contribution in [0.5, 0.6) is 0 Å². The topological polar surface area (TPSA) is 15.3 Å². The second kappa shape index (κ2) is 7.22. The molecule has 0 radical (unpaired) electrons. The Morgan fingerprint density at radius 1 is 1.47 bits per heavy atom. The van der Waals surface area contributed by atoms with E-state index in [0.29, 0.717) is 17.1 Å². The highest BCUT2D eigenvalue weighted by Gasteiger charge is 2.20.